The van der Waals surface area contributed by atoms with Crippen molar-refractivity contribution in [1.29, 1.82) is 0 Å². The maximum absolute atomic E-state index is 11.7. The van der Waals surface area contributed by atoms with E-state index in [0.29, 0.717) is 11.1 Å². The third kappa shape index (κ3) is 1.87. The van der Waals surface area contributed by atoms with Crippen molar-refractivity contribution in [3.8, 4) is 0 Å². The van der Waals surface area contributed by atoms with Crippen LogP contribution in [0, 0.1) is 0 Å². The zero-order chi connectivity index (χ0) is 12.6. The average Bonchev–Trinajstić information content (AvgIpc) is 2.70. The second-order valence-corrected chi connectivity index (χ2v) is 3.94. The molecule has 0 aliphatic heterocycles. The largest absolute Gasteiger partial charge is 0.464 e. The van der Waals surface area contributed by atoms with Crippen molar-refractivity contribution < 1.29 is 14.7 Å². The molecule has 0 aliphatic rings. The highest BCUT2D eigenvalue weighted by Crippen LogP contribution is 2.18. The molecule has 2 aromatic rings. The van der Waals surface area contributed by atoms with E-state index in [0.717, 1.165) is 9.95 Å². The molecule has 0 unspecified atom stereocenters. The molecule has 1 N–H and O–H groups in total. The molecule has 0 aliphatic carbocycles. The fraction of sp³-hybridized carbons (Fsp3) is 0.167. The van der Waals surface area contributed by atoms with Gasteiger partial charge < -0.3 is 10.0 Å². The third-order valence-corrected chi connectivity index (χ3v) is 2.55. The molecule has 0 fully saturated rings. The second-order valence-electron chi connectivity index (χ2n) is 3.94. The molecule has 0 spiro atoms. The van der Waals surface area contributed by atoms with E-state index in [9.17, 15) is 9.59 Å². The number of nitrogens with zero attached hydrogens (tertiary/aromatic N) is 2. The van der Waals surface area contributed by atoms with Crippen molar-refractivity contribution in [1.82, 2.24) is 9.47 Å². The minimum absolute atomic E-state index is 0.102. The molecule has 17 heavy (non-hydrogen) atoms. The highest BCUT2D eigenvalue weighted by Gasteiger charge is 2.11. The first-order valence-electron chi connectivity index (χ1n) is 5.07. The second kappa shape index (κ2) is 3.93. The number of carbonyl (C=O) groups excluding carboxylic acids is 1. The van der Waals surface area contributed by atoms with Crippen LogP contribution in [0.25, 0.3) is 10.9 Å². The molecule has 1 aromatic heterocycles. The summed E-state index contributed by atoms with van der Waals surface area (Å²) in [6.45, 7) is 0. The Morgan fingerprint density at radius 3 is 2.53 bits per heavy atom. The van der Waals surface area contributed by atoms with E-state index in [-0.39, 0.29) is 5.91 Å². The van der Waals surface area contributed by atoms with Gasteiger partial charge in [0, 0.05) is 31.2 Å². The fourth-order valence-electron chi connectivity index (χ4n) is 1.70. The lowest BCUT2D eigenvalue weighted by molar-refractivity contribution is 0.0827. The molecule has 1 amide bonds. The molecule has 0 saturated carbocycles. The van der Waals surface area contributed by atoms with E-state index in [1.807, 2.05) is 0 Å². The summed E-state index contributed by atoms with van der Waals surface area (Å²) in [5.74, 6) is -0.102. The highest BCUT2D eigenvalue weighted by atomic mass is 16.4. The Morgan fingerprint density at radius 1 is 1.24 bits per heavy atom. The Bertz CT molecular complexity index is 599. The van der Waals surface area contributed by atoms with Crippen molar-refractivity contribution in [3.63, 3.8) is 0 Å². The van der Waals surface area contributed by atoms with Gasteiger partial charge in [-0.15, -0.1) is 0 Å². The summed E-state index contributed by atoms with van der Waals surface area (Å²) in [6, 6.07) is 6.64. The lowest BCUT2D eigenvalue weighted by Gasteiger charge is -2.10. The number of aromatic nitrogens is 1. The van der Waals surface area contributed by atoms with Gasteiger partial charge in [0.2, 0.25) is 0 Å². The van der Waals surface area contributed by atoms with Crippen LogP contribution in [0.5, 0.6) is 0 Å². The summed E-state index contributed by atoms with van der Waals surface area (Å²) in [6.07, 6.45) is 0.434. The van der Waals surface area contributed by atoms with Gasteiger partial charge in [-0.1, -0.05) is 0 Å². The zero-order valence-electron chi connectivity index (χ0n) is 9.54. The normalized spacial score (nSPS) is 10.5. The van der Waals surface area contributed by atoms with Crippen molar-refractivity contribution in [2.24, 2.45) is 0 Å². The summed E-state index contributed by atoms with van der Waals surface area (Å²) in [5.41, 5.74) is 1.12. The molecule has 5 nitrogen and oxygen atoms in total. The molecule has 0 radical (unpaired) electrons. The van der Waals surface area contributed by atoms with E-state index in [2.05, 4.69) is 0 Å². The number of rotatable bonds is 1. The fourth-order valence-corrected chi connectivity index (χ4v) is 1.70. The van der Waals surface area contributed by atoms with Gasteiger partial charge in [-0.3, -0.25) is 9.36 Å². The molecule has 1 heterocycles. The standard InChI is InChI=1S/C12H12N2O3/c1-13(2)11(15)9-3-4-10-8(7-9)5-6-14(10)12(16)17/h3-7H,1-2H3,(H,16,17). The maximum Gasteiger partial charge on any atom is 0.415 e. The van der Waals surface area contributed by atoms with Crippen LogP contribution in [0.4, 0.5) is 4.79 Å². The first-order chi connectivity index (χ1) is 8.00. The quantitative estimate of drug-likeness (QED) is 0.816. The van der Waals surface area contributed by atoms with Crippen LogP contribution in [-0.2, 0) is 0 Å². The Morgan fingerprint density at radius 2 is 1.94 bits per heavy atom. The van der Waals surface area contributed by atoms with Gasteiger partial charge in [-0.2, -0.15) is 0 Å². The van der Waals surface area contributed by atoms with Gasteiger partial charge in [0.25, 0.3) is 5.91 Å². The van der Waals surface area contributed by atoms with Gasteiger partial charge in [0.05, 0.1) is 5.52 Å². The van der Waals surface area contributed by atoms with E-state index in [4.69, 9.17) is 5.11 Å². The summed E-state index contributed by atoms with van der Waals surface area (Å²) in [5, 5.41) is 9.66. The van der Waals surface area contributed by atoms with Gasteiger partial charge in [0.1, 0.15) is 0 Å². The number of carbonyl (C=O) groups is 2. The Hall–Kier alpha value is -2.30. The van der Waals surface area contributed by atoms with E-state index < -0.39 is 6.09 Å². The van der Waals surface area contributed by atoms with E-state index in [1.165, 1.54) is 11.1 Å². The summed E-state index contributed by atoms with van der Waals surface area (Å²) in [7, 11) is 3.35. The van der Waals surface area contributed by atoms with Crippen LogP contribution in [0.3, 0.4) is 0 Å². The Labute approximate surface area is 97.9 Å². The van der Waals surface area contributed by atoms with Crippen molar-refractivity contribution in [2.75, 3.05) is 14.1 Å². The van der Waals surface area contributed by atoms with Crippen LogP contribution in [0.1, 0.15) is 10.4 Å². The number of carboxylic acid groups (broad SMARTS) is 1. The Balaban J connectivity index is 2.53. The van der Waals surface area contributed by atoms with Gasteiger partial charge in [-0.25, -0.2) is 4.79 Å². The molecule has 0 atom stereocenters. The van der Waals surface area contributed by atoms with Crippen molar-refractivity contribution >= 4 is 22.9 Å². The maximum atomic E-state index is 11.7. The molecule has 5 heteroatoms. The van der Waals surface area contributed by atoms with Crippen molar-refractivity contribution in [3.05, 3.63) is 36.0 Å². The first kappa shape index (κ1) is 11.2. The number of fused-ring (bicyclic) bond motifs is 1. The van der Waals surface area contributed by atoms with Crippen molar-refractivity contribution in [2.45, 2.75) is 0 Å². The number of hydrogen-bond acceptors (Lipinski definition) is 2. The topological polar surface area (TPSA) is 62.5 Å². The SMILES string of the molecule is CN(C)C(=O)c1ccc2c(ccn2C(=O)O)c1. The number of hydrogen-bond donors (Lipinski definition) is 1. The molecule has 88 valence electrons. The smallest absolute Gasteiger partial charge is 0.415 e. The predicted molar refractivity (Wildman–Crippen MR) is 63.4 cm³/mol. The van der Waals surface area contributed by atoms with Crippen LogP contribution in [0.15, 0.2) is 30.5 Å². The first-order valence-corrected chi connectivity index (χ1v) is 5.07. The molecule has 0 bridgehead atoms. The number of benzene rings is 1. The summed E-state index contributed by atoms with van der Waals surface area (Å²) < 4.78 is 1.12. The Kier molecular flexibility index (Phi) is 2.59. The van der Waals surface area contributed by atoms with Gasteiger partial charge in [-0.05, 0) is 24.3 Å². The minimum atomic E-state index is -1.04. The average molecular weight is 232 g/mol. The summed E-state index contributed by atoms with van der Waals surface area (Å²) in [4.78, 5) is 24.1. The third-order valence-electron chi connectivity index (χ3n) is 2.55. The van der Waals surface area contributed by atoms with Crippen LogP contribution in [0.2, 0.25) is 0 Å². The van der Waals surface area contributed by atoms with Gasteiger partial charge in [0.15, 0.2) is 0 Å². The zero-order valence-corrected chi connectivity index (χ0v) is 9.54. The minimum Gasteiger partial charge on any atom is -0.464 e. The lowest BCUT2D eigenvalue weighted by atomic mass is 10.1. The monoisotopic (exact) mass is 232 g/mol. The van der Waals surface area contributed by atoms with Crippen LogP contribution in [-0.4, -0.2) is 40.7 Å². The lowest BCUT2D eigenvalue weighted by Crippen LogP contribution is -2.21. The predicted octanol–water partition coefficient (Wildman–Crippen LogP) is 1.87. The molecule has 2 rings (SSSR count). The molecular weight excluding hydrogens is 220 g/mol. The highest BCUT2D eigenvalue weighted by molar-refractivity contribution is 5.99. The van der Waals surface area contributed by atoms with Crippen LogP contribution >= 0.6 is 0 Å². The number of amides is 1. The van der Waals surface area contributed by atoms with E-state index >= 15 is 0 Å². The molecule has 1 aromatic carbocycles. The molecule has 0 saturated heterocycles. The van der Waals surface area contributed by atoms with Crippen LogP contribution < -0.4 is 0 Å². The summed E-state index contributed by atoms with van der Waals surface area (Å²) >= 11 is 0. The van der Waals surface area contributed by atoms with E-state index in [1.54, 1.807) is 38.4 Å². The molecular formula is C12H12N2O3. The van der Waals surface area contributed by atoms with Gasteiger partial charge >= 0.3 is 6.09 Å².